The maximum Gasteiger partial charge on any atom is 0.243 e. The Balaban J connectivity index is 0.00000147. The molecule has 0 amide bonds. The third kappa shape index (κ3) is 2.65. The third-order valence-corrected chi connectivity index (χ3v) is 5.72. The van der Waals surface area contributed by atoms with Crippen molar-refractivity contribution in [2.45, 2.75) is 23.8 Å². The van der Waals surface area contributed by atoms with Gasteiger partial charge in [0.25, 0.3) is 0 Å². The van der Waals surface area contributed by atoms with Crippen molar-refractivity contribution in [3.05, 3.63) is 23.8 Å². The summed E-state index contributed by atoms with van der Waals surface area (Å²) in [6.45, 7) is 1.78. The minimum atomic E-state index is -3.37. The number of likely N-dealkylation sites (N-methyl/N-ethyl adjacent to an activating group) is 1. The number of nitrogens with zero attached hydrogens (tertiary/aromatic N) is 1. The maximum absolute atomic E-state index is 12.6. The fraction of sp³-hybridized carbons (Fsp3) is 0.538. The van der Waals surface area contributed by atoms with Crippen LogP contribution >= 0.6 is 12.4 Å². The van der Waals surface area contributed by atoms with Crippen LogP contribution in [0.3, 0.4) is 0 Å². The molecule has 112 valence electrons. The van der Waals surface area contributed by atoms with Crippen molar-refractivity contribution in [3.63, 3.8) is 0 Å². The molecular formula is C13H19ClN2O3S. The van der Waals surface area contributed by atoms with E-state index in [0.29, 0.717) is 24.6 Å². The van der Waals surface area contributed by atoms with Crippen LogP contribution in [0.4, 0.5) is 0 Å². The minimum absolute atomic E-state index is 0. The zero-order valence-electron chi connectivity index (χ0n) is 11.3. The average Bonchev–Trinajstić information content (AvgIpc) is 3.06. The quantitative estimate of drug-likeness (QED) is 0.904. The van der Waals surface area contributed by atoms with Gasteiger partial charge >= 0.3 is 0 Å². The van der Waals surface area contributed by atoms with Crippen molar-refractivity contribution in [2.24, 2.45) is 0 Å². The van der Waals surface area contributed by atoms with Crippen LogP contribution in [0.5, 0.6) is 5.75 Å². The van der Waals surface area contributed by atoms with Gasteiger partial charge < -0.3 is 10.1 Å². The molecule has 0 spiro atoms. The Morgan fingerprint density at radius 2 is 2.20 bits per heavy atom. The minimum Gasteiger partial charge on any atom is -0.493 e. The number of rotatable bonds is 3. The van der Waals surface area contributed by atoms with Crippen LogP contribution in [0.1, 0.15) is 12.0 Å². The van der Waals surface area contributed by atoms with E-state index >= 15 is 0 Å². The Morgan fingerprint density at radius 3 is 2.90 bits per heavy atom. The van der Waals surface area contributed by atoms with Gasteiger partial charge in [-0.25, -0.2) is 8.42 Å². The van der Waals surface area contributed by atoms with Crippen molar-refractivity contribution < 1.29 is 13.2 Å². The number of sulfonamides is 1. The Hall–Kier alpha value is -0.820. The molecule has 2 aliphatic heterocycles. The summed E-state index contributed by atoms with van der Waals surface area (Å²) >= 11 is 0. The molecule has 2 aliphatic rings. The lowest BCUT2D eigenvalue weighted by atomic mass is 10.2. The molecule has 1 saturated heterocycles. The zero-order valence-corrected chi connectivity index (χ0v) is 13.0. The van der Waals surface area contributed by atoms with Gasteiger partial charge in [-0.1, -0.05) is 0 Å². The second kappa shape index (κ2) is 5.89. The van der Waals surface area contributed by atoms with Crippen molar-refractivity contribution in [1.29, 1.82) is 0 Å². The lowest BCUT2D eigenvalue weighted by Crippen LogP contribution is -2.33. The third-order valence-electron chi connectivity index (χ3n) is 3.86. The van der Waals surface area contributed by atoms with E-state index in [1.807, 2.05) is 7.05 Å². The summed E-state index contributed by atoms with van der Waals surface area (Å²) in [6, 6.07) is 5.42. The summed E-state index contributed by atoms with van der Waals surface area (Å²) < 4.78 is 32.1. The molecular weight excluding hydrogens is 300 g/mol. The van der Waals surface area contributed by atoms with Crippen LogP contribution in [0.25, 0.3) is 0 Å². The van der Waals surface area contributed by atoms with E-state index in [-0.39, 0.29) is 18.4 Å². The van der Waals surface area contributed by atoms with Gasteiger partial charge in [-0.2, -0.15) is 4.31 Å². The van der Waals surface area contributed by atoms with Crippen LogP contribution in [-0.2, 0) is 16.4 Å². The molecule has 1 aromatic rings. The number of hydrogen-bond acceptors (Lipinski definition) is 4. The van der Waals surface area contributed by atoms with E-state index in [2.05, 4.69) is 5.32 Å². The molecule has 3 rings (SSSR count). The number of halogens is 1. The van der Waals surface area contributed by atoms with Crippen LogP contribution in [0, 0.1) is 0 Å². The van der Waals surface area contributed by atoms with E-state index in [1.54, 1.807) is 22.5 Å². The molecule has 0 aliphatic carbocycles. The van der Waals surface area contributed by atoms with E-state index in [1.165, 1.54) is 0 Å². The molecule has 2 heterocycles. The van der Waals surface area contributed by atoms with Gasteiger partial charge in [0, 0.05) is 25.6 Å². The normalized spacial score (nSPS) is 22.1. The van der Waals surface area contributed by atoms with Gasteiger partial charge in [-0.3, -0.25) is 0 Å². The molecule has 0 aromatic heterocycles. The number of fused-ring (bicyclic) bond motifs is 1. The summed E-state index contributed by atoms with van der Waals surface area (Å²) in [5.74, 6) is 0.813. The van der Waals surface area contributed by atoms with E-state index in [0.717, 1.165) is 24.2 Å². The van der Waals surface area contributed by atoms with Gasteiger partial charge in [0.1, 0.15) is 5.75 Å². The standard InChI is InChI=1S/C13H18N2O3S.ClH/c1-14-11-4-6-15(9-11)19(16,17)12-2-3-13-10(8-12)5-7-18-13;/h2-3,8,11,14H,4-7,9H2,1H3;1H. The van der Waals surface area contributed by atoms with Crippen molar-refractivity contribution in [2.75, 3.05) is 26.7 Å². The first-order valence-corrected chi connectivity index (χ1v) is 7.98. The summed E-state index contributed by atoms with van der Waals surface area (Å²) in [4.78, 5) is 0.383. The molecule has 0 saturated carbocycles. The number of nitrogens with one attached hydrogen (secondary N) is 1. The molecule has 1 fully saturated rings. The summed E-state index contributed by atoms with van der Waals surface area (Å²) in [6.07, 6.45) is 1.65. The predicted octanol–water partition coefficient (Wildman–Crippen LogP) is 1.03. The van der Waals surface area contributed by atoms with Crippen LogP contribution in [0.15, 0.2) is 23.1 Å². The first-order chi connectivity index (χ1) is 9.11. The highest BCUT2D eigenvalue weighted by molar-refractivity contribution is 7.89. The zero-order chi connectivity index (χ0) is 13.5. The average molecular weight is 319 g/mol. The summed E-state index contributed by atoms with van der Waals surface area (Å²) in [5, 5.41) is 3.13. The van der Waals surface area contributed by atoms with Crippen molar-refractivity contribution in [3.8, 4) is 5.75 Å². The highest BCUT2D eigenvalue weighted by Gasteiger charge is 2.32. The molecule has 0 bridgehead atoms. The Bertz CT molecular complexity index is 591. The van der Waals surface area contributed by atoms with E-state index < -0.39 is 10.0 Å². The molecule has 1 aromatic carbocycles. The van der Waals surface area contributed by atoms with Crippen LogP contribution in [-0.4, -0.2) is 45.5 Å². The van der Waals surface area contributed by atoms with Gasteiger partial charge in [-0.05, 0) is 37.2 Å². The van der Waals surface area contributed by atoms with Crippen molar-refractivity contribution in [1.82, 2.24) is 9.62 Å². The lowest BCUT2D eigenvalue weighted by molar-refractivity contribution is 0.356. The fourth-order valence-electron chi connectivity index (χ4n) is 2.65. The molecule has 1 atom stereocenters. The van der Waals surface area contributed by atoms with E-state index in [4.69, 9.17) is 4.74 Å². The van der Waals surface area contributed by atoms with Crippen molar-refractivity contribution >= 4 is 22.4 Å². The largest absolute Gasteiger partial charge is 0.493 e. The topological polar surface area (TPSA) is 58.6 Å². The smallest absolute Gasteiger partial charge is 0.243 e. The summed E-state index contributed by atoms with van der Waals surface area (Å²) in [7, 11) is -1.50. The highest BCUT2D eigenvalue weighted by atomic mass is 35.5. The lowest BCUT2D eigenvalue weighted by Gasteiger charge is -2.17. The van der Waals surface area contributed by atoms with Gasteiger partial charge in [0.2, 0.25) is 10.0 Å². The molecule has 20 heavy (non-hydrogen) atoms. The van der Waals surface area contributed by atoms with Gasteiger partial charge in [-0.15, -0.1) is 12.4 Å². The number of hydrogen-bond donors (Lipinski definition) is 1. The second-order valence-electron chi connectivity index (χ2n) is 5.01. The van der Waals surface area contributed by atoms with E-state index in [9.17, 15) is 8.42 Å². The molecule has 5 nitrogen and oxygen atoms in total. The first kappa shape index (κ1) is 15.6. The maximum atomic E-state index is 12.6. The van der Waals surface area contributed by atoms with Gasteiger partial charge in [0.15, 0.2) is 0 Å². The monoisotopic (exact) mass is 318 g/mol. The SMILES string of the molecule is CNC1CCN(S(=O)(=O)c2ccc3c(c2)CCO3)C1.Cl. The molecule has 1 unspecified atom stereocenters. The number of benzene rings is 1. The van der Waals surface area contributed by atoms with Crippen LogP contribution < -0.4 is 10.1 Å². The highest BCUT2D eigenvalue weighted by Crippen LogP contribution is 2.29. The Kier molecular flexibility index (Phi) is 4.59. The Morgan fingerprint density at radius 1 is 1.40 bits per heavy atom. The molecule has 1 N–H and O–H groups in total. The Labute approximate surface area is 125 Å². The molecule has 7 heteroatoms. The first-order valence-electron chi connectivity index (χ1n) is 6.54. The van der Waals surface area contributed by atoms with Gasteiger partial charge in [0.05, 0.1) is 11.5 Å². The predicted molar refractivity (Wildman–Crippen MR) is 79.1 cm³/mol. The second-order valence-corrected chi connectivity index (χ2v) is 6.94. The summed E-state index contributed by atoms with van der Waals surface area (Å²) in [5.41, 5.74) is 0.991. The van der Waals surface area contributed by atoms with Crippen LogP contribution in [0.2, 0.25) is 0 Å². The number of ether oxygens (including phenoxy) is 1. The molecule has 0 radical (unpaired) electrons. The fourth-order valence-corrected chi connectivity index (χ4v) is 4.21.